The molecule has 1 aliphatic rings. The highest BCUT2D eigenvalue weighted by Crippen LogP contribution is 2.31. The molecule has 0 aromatic heterocycles. The maximum atomic E-state index is 10.0. The minimum absolute atomic E-state index is 0.00699. The van der Waals surface area contributed by atoms with E-state index in [0.717, 1.165) is 37.2 Å². The summed E-state index contributed by atoms with van der Waals surface area (Å²) in [6.45, 7) is 2.15. The quantitative estimate of drug-likeness (QED) is 0.702. The van der Waals surface area contributed by atoms with Crippen LogP contribution in [0.3, 0.4) is 0 Å². The van der Waals surface area contributed by atoms with Crippen LogP contribution < -0.4 is 5.73 Å². The predicted octanol–water partition coefficient (Wildman–Crippen LogP) is 1.37. The predicted molar refractivity (Wildman–Crippen MR) is 54.4 cm³/mol. The summed E-state index contributed by atoms with van der Waals surface area (Å²) in [5.74, 6) is 1.90. The van der Waals surface area contributed by atoms with Gasteiger partial charge in [-0.1, -0.05) is 19.8 Å². The molecule has 1 heterocycles. The second kappa shape index (κ2) is 4.49. The maximum absolute atomic E-state index is 10.0. The van der Waals surface area contributed by atoms with Crippen LogP contribution in [0.5, 0.6) is 0 Å². The molecule has 1 rings (SSSR count). The molecule has 0 aliphatic carbocycles. The van der Waals surface area contributed by atoms with Crippen molar-refractivity contribution in [3.05, 3.63) is 0 Å². The molecule has 72 valence electrons. The van der Waals surface area contributed by atoms with E-state index in [-0.39, 0.29) is 6.04 Å². The monoisotopic (exact) mass is 189 g/mol. The van der Waals surface area contributed by atoms with Gasteiger partial charge in [0.1, 0.15) is 0 Å². The number of aliphatic hydroxyl groups is 1. The third-order valence-electron chi connectivity index (χ3n) is 2.59. The van der Waals surface area contributed by atoms with E-state index in [1.807, 2.05) is 11.8 Å². The van der Waals surface area contributed by atoms with E-state index in [1.165, 1.54) is 0 Å². The van der Waals surface area contributed by atoms with E-state index >= 15 is 0 Å². The lowest BCUT2D eigenvalue weighted by Crippen LogP contribution is -2.48. The fourth-order valence-corrected chi connectivity index (χ4v) is 2.91. The zero-order valence-electron chi connectivity index (χ0n) is 7.75. The van der Waals surface area contributed by atoms with Gasteiger partial charge in [-0.3, -0.25) is 0 Å². The molecule has 0 radical (unpaired) electrons. The van der Waals surface area contributed by atoms with Crippen molar-refractivity contribution in [3.8, 4) is 0 Å². The van der Waals surface area contributed by atoms with Crippen LogP contribution in [0, 0.1) is 0 Å². The van der Waals surface area contributed by atoms with E-state index in [0.29, 0.717) is 0 Å². The molecule has 3 heteroatoms. The van der Waals surface area contributed by atoms with Gasteiger partial charge in [-0.05, 0) is 18.6 Å². The van der Waals surface area contributed by atoms with Gasteiger partial charge in [0.25, 0.3) is 0 Å². The standard InChI is InChI=1S/C9H19NOS/c1-2-3-4-8(10)9(11)5-6-12-7-9/h8,11H,2-7,10H2,1H3. The van der Waals surface area contributed by atoms with Gasteiger partial charge in [-0.25, -0.2) is 0 Å². The summed E-state index contributed by atoms with van der Waals surface area (Å²) in [5.41, 5.74) is 5.38. The first kappa shape index (κ1) is 10.4. The first-order valence-electron chi connectivity index (χ1n) is 4.75. The Bertz CT molecular complexity index is 134. The number of nitrogens with two attached hydrogens (primary N) is 1. The van der Waals surface area contributed by atoms with Crippen molar-refractivity contribution in [3.63, 3.8) is 0 Å². The molecule has 3 N–H and O–H groups in total. The number of unbranched alkanes of at least 4 members (excludes halogenated alkanes) is 1. The molecule has 0 aromatic carbocycles. The van der Waals surface area contributed by atoms with Crippen molar-refractivity contribution in [2.24, 2.45) is 5.73 Å². The van der Waals surface area contributed by atoms with Crippen molar-refractivity contribution in [1.82, 2.24) is 0 Å². The summed E-state index contributed by atoms with van der Waals surface area (Å²) in [5, 5.41) is 10.0. The molecule has 1 saturated heterocycles. The second-order valence-corrected chi connectivity index (χ2v) is 4.76. The molecular weight excluding hydrogens is 170 g/mol. The van der Waals surface area contributed by atoms with Crippen LogP contribution in [-0.2, 0) is 0 Å². The molecule has 2 atom stereocenters. The molecule has 12 heavy (non-hydrogen) atoms. The van der Waals surface area contributed by atoms with Gasteiger partial charge in [-0.15, -0.1) is 0 Å². The normalized spacial score (nSPS) is 32.2. The van der Waals surface area contributed by atoms with E-state index in [9.17, 15) is 5.11 Å². The fourth-order valence-electron chi connectivity index (χ4n) is 1.56. The van der Waals surface area contributed by atoms with Crippen LogP contribution in [-0.4, -0.2) is 28.3 Å². The fraction of sp³-hybridized carbons (Fsp3) is 1.00. The van der Waals surface area contributed by atoms with E-state index in [4.69, 9.17) is 5.73 Å². The number of hydrogen-bond acceptors (Lipinski definition) is 3. The third-order valence-corrected chi connectivity index (χ3v) is 3.79. The highest BCUT2D eigenvalue weighted by atomic mass is 32.2. The largest absolute Gasteiger partial charge is 0.387 e. The van der Waals surface area contributed by atoms with Gasteiger partial charge in [0, 0.05) is 11.8 Å². The van der Waals surface area contributed by atoms with Crippen molar-refractivity contribution >= 4 is 11.8 Å². The Labute approximate surface area is 78.9 Å². The Morgan fingerprint density at radius 3 is 2.92 bits per heavy atom. The summed E-state index contributed by atoms with van der Waals surface area (Å²) in [6, 6.07) is -0.00699. The highest BCUT2D eigenvalue weighted by molar-refractivity contribution is 7.99. The van der Waals surface area contributed by atoms with E-state index in [1.54, 1.807) is 0 Å². The second-order valence-electron chi connectivity index (χ2n) is 3.65. The zero-order chi connectivity index (χ0) is 9.03. The Morgan fingerprint density at radius 1 is 1.67 bits per heavy atom. The molecule has 2 unspecified atom stereocenters. The van der Waals surface area contributed by atoms with Crippen LogP contribution in [0.15, 0.2) is 0 Å². The molecule has 0 amide bonds. The highest BCUT2D eigenvalue weighted by Gasteiger charge is 2.37. The summed E-state index contributed by atoms with van der Waals surface area (Å²) < 4.78 is 0. The zero-order valence-corrected chi connectivity index (χ0v) is 8.57. The maximum Gasteiger partial charge on any atom is 0.0895 e. The minimum atomic E-state index is -0.556. The SMILES string of the molecule is CCCCC(N)C1(O)CCSC1. The minimum Gasteiger partial charge on any atom is -0.387 e. The van der Waals surface area contributed by atoms with Crippen LogP contribution in [0.4, 0.5) is 0 Å². The van der Waals surface area contributed by atoms with Crippen molar-refractivity contribution < 1.29 is 5.11 Å². The molecule has 1 aliphatic heterocycles. The van der Waals surface area contributed by atoms with Gasteiger partial charge < -0.3 is 10.8 Å². The van der Waals surface area contributed by atoms with Crippen molar-refractivity contribution in [2.45, 2.75) is 44.2 Å². The lowest BCUT2D eigenvalue weighted by molar-refractivity contribution is 0.0370. The number of rotatable bonds is 4. The van der Waals surface area contributed by atoms with Gasteiger partial charge in [0.15, 0.2) is 0 Å². The first-order valence-corrected chi connectivity index (χ1v) is 5.90. The molecule has 0 saturated carbocycles. The number of hydrogen-bond donors (Lipinski definition) is 2. The lowest BCUT2D eigenvalue weighted by atomic mass is 9.90. The van der Waals surface area contributed by atoms with Crippen LogP contribution >= 0.6 is 11.8 Å². The summed E-state index contributed by atoms with van der Waals surface area (Å²) >= 11 is 1.81. The summed E-state index contributed by atoms with van der Waals surface area (Å²) in [4.78, 5) is 0. The average Bonchev–Trinajstić information content (AvgIpc) is 2.49. The van der Waals surface area contributed by atoms with Crippen LogP contribution in [0.2, 0.25) is 0 Å². The number of thioether (sulfide) groups is 1. The lowest BCUT2D eigenvalue weighted by Gasteiger charge is -2.28. The Kier molecular flexibility index (Phi) is 3.87. The van der Waals surface area contributed by atoms with E-state index < -0.39 is 5.60 Å². The Hall–Kier alpha value is 0.270. The Morgan fingerprint density at radius 2 is 2.42 bits per heavy atom. The molecule has 2 nitrogen and oxygen atoms in total. The summed E-state index contributed by atoms with van der Waals surface area (Å²) in [6.07, 6.45) is 4.14. The summed E-state index contributed by atoms with van der Waals surface area (Å²) in [7, 11) is 0. The van der Waals surface area contributed by atoms with Crippen LogP contribution in [0.1, 0.15) is 32.6 Å². The Balaban J connectivity index is 2.33. The molecule has 0 aromatic rings. The van der Waals surface area contributed by atoms with Gasteiger partial charge in [0.05, 0.1) is 5.60 Å². The van der Waals surface area contributed by atoms with E-state index in [2.05, 4.69) is 6.92 Å². The molecule has 0 bridgehead atoms. The van der Waals surface area contributed by atoms with Crippen molar-refractivity contribution in [1.29, 1.82) is 0 Å². The third kappa shape index (κ3) is 2.38. The smallest absolute Gasteiger partial charge is 0.0895 e. The van der Waals surface area contributed by atoms with Gasteiger partial charge >= 0.3 is 0 Å². The average molecular weight is 189 g/mol. The van der Waals surface area contributed by atoms with Gasteiger partial charge in [0.2, 0.25) is 0 Å². The van der Waals surface area contributed by atoms with Crippen molar-refractivity contribution in [2.75, 3.05) is 11.5 Å². The molecule has 0 spiro atoms. The molecular formula is C9H19NOS. The van der Waals surface area contributed by atoms with Crippen LogP contribution in [0.25, 0.3) is 0 Å². The molecule has 1 fully saturated rings. The first-order chi connectivity index (χ1) is 5.69. The van der Waals surface area contributed by atoms with Gasteiger partial charge in [-0.2, -0.15) is 11.8 Å². The topological polar surface area (TPSA) is 46.2 Å².